The van der Waals surface area contributed by atoms with Crippen molar-refractivity contribution in [2.75, 3.05) is 24.3 Å². The van der Waals surface area contributed by atoms with Crippen molar-refractivity contribution in [1.82, 2.24) is 9.97 Å². The molecule has 1 aromatic carbocycles. The van der Waals surface area contributed by atoms with Gasteiger partial charge in [0, 0.05) is 20.2 Å². The highest BCUT2D eigenvalue weighted by atomic mass is 19.2. The molecule has 0 saturated heterocycles. The number of aromatic nitrogens is 2. The van der Waals surface area contributed by atoms with Crippen LogP contribution in [0.15, 0.2) is 18.5 Å². The largest absolute Gasteiger partial charge is 0.347 e. The summed E-state index contributed by atoms with van der Waals surface area (Å²) in [5.41, 5.74) is -1.34. The maximum atomic E-state index is 13.5. The van der Waals surface area contributed by atoms with E-state index in [4.69, 9.17) is 0 Å². The first kappa shape index (κ1) is 15.7. The minimum absolute atomic E-state index is 0.0130. The van der Waals surface area contributed by atoms with Gasteiger partial charge in [0.1, 0.15) is 5.56 Å². The van der Waals surface area contributed by atoms with Crippen LogP contribution < -0.4 is 10.2 Å². The van der Waals surface area contributed by atoms with Crippen molar-refractivity contribution in [1.29, 1.82) is 0 Å². The molecule has 1 N–H and O–H groups in total. The van der Waals surface area contributed by atoms with E-state index in [1.54, 1.807) is 19.0 Å². The highest BCUT2D eigenvalue weighted by Gasteiger charge is 2.25. The van der Waals surface area contributed by atoms with Gasteiger partial charge < -0.3 is 10.2 Å². The van der Waals surface area contributed by atoms with Gasteiger partial charge in [-0.05, 0) is 0 Å². The molecule has 2 aromatic rings. The first-order valence-electron chi connectivity index (χ1n) is 5.95. The van der Waals surface area contributed by atoms with Crippen LogP contribution in [0.3, 0.4) is 0 Å². The van der Waals surface area contributed by atoms with E-state index in [1.807, 2.05) is 0 Å². The van der Waals surface area contributed by atoms with E-state index in [2.05, 4.69) is 15.3 Å². The van der Waals surface area contributed by atoms with Gasteiger partial charge in [-0.3, -0.25) is 4.79 Å². The zero-order valence-corrected chi connectivity index (χ0v) is 11.5. The Bertz CT molecular complexity index is 693. The van der Waals surface area contributed by atoms with E-state index < -0.39 is 34.7 Å². The van der Waals surface area contributed by atoms with Gasteiger partial charge in [0.05, 0.1) is 18.1 Å². The summed E-state index contributed by atoms with van der Waals surface area (Å²) in [5.74, 6) is -7.89. The summed E-state index contributed by atoms with van der Waals surface area (Å²) in [5, 5.41) is 2.06. The van der Waals surface area contributed by atoms with E-state index >= 15 is 0 Å². The Labute approximate surface area is 122 Å². The third kappa shape index (κ3) is 2.97. The lowest BCUT2D eigenvalue weighted by molar-refractivity contribution is 0.101. The van der Waals surface area contributed by atoms with Gasteiger partial charge in [-0.2, -0.15) is 0 Å². The molecule has 0 bridgehead atoms. The smallest absolute Gasteiger partial charge is 0.261 e. The lowest BCUT2D eigenvalue weighted by atomic mass is 10.1. The molecule has 116 valence electrons. The normalized spacial score (nSPS) is 10.5. The van der Waals surface area contributed by atoms with E-state index in [1.165, 1.54) is 12.4 Å². The zero-order chi connectivity index (χ0) is 16.4. The Hall–Kier alpha value is -2.71. The van der Waals surface area contributed by atoms with Gasteiger partial charge in [-0.1, -0.05) is 0 Å². The Balaban J connectivity index is 2.30. The van der Waals surface area contributed by atoms with Gasteiger partial charge in [0.15, 0.2) is 23.3 Å². The summed E-state index contributed by atoms with van der Waals surface area (Å²) in [7, 11) is 3.38. The molecule has 1 amide bonds. The van der Waals surface area contributed by atoms with Crippen LogP contribution in [0.2, 0.25) is 0 Å². The van der Waals surface area contributed by atoms with Crippen molar-refractivity contribution in [3.05, 3.63) is 47.3 Å². The third-order valence-corrected chi connectivity index (χ3v) is 2.63. The molecular formula is C13H10F4N4O. The topological polar surface area (TPSA) is 58.1 Å². The number of nitrogens with zero attached hydrogens (tertiary/aromatic N) is 3. The van der Waals surface area contributed by atoms with Crippen molar-refractivity contribution in [3.8, 4) is 0 Å². The fourth-order valence-corrected chi connectivity index (χ4v) is 1.58. The van der Waals surface area contributed by atoms with Crippen molar-refractivity contribution >= 4 is 17.5 Å². The van der Waals surface area contributed by atoms with Gasteiger partial charge in [-0.25, -0.2) is 27.5 Å². The number of rotatable bonds is 3. The number of amides is 1. The Kier molecular flexibility index (Phi) is 4.25. The highest BCUT2D eigenvalue weighted by Crippen LogP contribution is 2.20. The average Bonchev–Trinajstić information content (AvgIpc) is 2.46. The molecule has 22 heavy (non-hydrogen) atoms. The number of hydrogen-bond acceptors (Lipinski definition) is 4. The van der Waals surface area contributed by atoms with Crippen LogP contribution in [0, 0.1) is 23.3 Å². The second kappa shape index (κ2) is 5.96. The quantitative estimate of drug-likeness (QED) is 0.698. The molecular weight excluding hydrogens is 304 g/mol. The highest BCUT2D eigenvalue weighted by molar-refractivity contribution is 6.04. The van der Waals surface area contributed by atoms with Crippen molar-refractivity contribution < 1.29 is 22.4 Å². The summed E-state index contributed by atoms with van der Waals surface area (Å²) < 4.78 is 53.1. The number of hydrogen-bond donors (Lipinski definition) is 1. The maximum absolute atomic E-state index is 13.5. The molecule has 1 aromatic heterocycles. The van der Waals surface area contributed by atoms with E-state index in [9.17, 15) is 22.4 Å². The van der Waals surface area contributed by atoms with Crippen LogP contribution in [0.1, 0.15) is 10.4 Å². The standard InChI is InChI=1S/C13H10F4N4O/c1-21(2)13-18-4-6(5-19-13)20-12(22)9-10(16)7(14)3-8(15)11(9)17/h3-5H,1-2H3,(H,20,22). The van der Waals surface area contributed by atoms with E-state index in [0.717, 1.165) is 0 Å². The molecule has 0 radical (unpaired) electrons. The molecule has 0 aliphatic heterocycles. The molecule has 0 fully saturated rings. The van der Waals surface area contributed by atoms with Gasteiger partial charge in [-0.15, -0.1) is 0 Å². The molecule has 0 spiro atoms. The van der Waals surface area contributed by atoms with Crippen molar-refractivity contribution in [2.24, 2.45) is 0 Å². The minimum atomic E-state index is -1.78. The average molecular weight is 314 g/mol. The summed E-state index contributed by atoms with van der Waals surface area (Å²) >= 11 is 0. The molecule has 9 heteroatoms. The van der Waals surface area contributed by atoms with Crippen molar-refractivity contribution in [2.45, 2.75) is 0 Å². The molecule has 5 nitrogen and oxygen atoms in total. The molecule has 0 atom stereocenters. The van der Waals surface area contributed by atoms with Crippen LogP contribution in [-0.4, -0.2) is 30.0 Å². The molecule has 0 aliphatic carbocycles. The first-order valence-corrected chi connectivity index (χ1v) is 5.95. The second-order valence-corrected chi connectivity index (χ2v) is 4.46. The van der Waals surface area contributed by atoms with Crippen LogP contribution >= 0.6 is 0 Å². The van der Waals surface area contributed by atoms with Gasteiger partial charge >= 0.3 is 0 Å². The van der Waals surface area contributed by atoms with Gasteiger partial charge in [0.2, 0.25) is 5.95 Å². The lowest BCUT2D eigenvalue weighted by Gasteiger charge is -2.11. The van der Waals surface area contributed by atoms with Crippen LogP contribution in [-0.2, 0) is 0 Å². The molecule has 2 rings (SSSR count). The van der Waals surface area contributed by atoms with Gasteiger partial charge in [0.25, 0.3) is 5.91 Å². The molecule has 0 unspecified atom stereocenters. The Morgan fingerprint density at radius 1 is 1.05 bits per heavy atom. The predicted molar refractivity (Wildman–Crippen MR) is 70.6 cm³/mol. The Morgan fingerprint density at radius 3 is 2.00 bits per heavy atom. The molecule has 1 heterocycles. The predicted octanol–water partition coefficient (Wildman–Crippen LogP) is 2.35. The second-order valence-electron chi connectivity index (χ2n) is 4.46. The number of carbonyl (C=O) groups is 1. The SMILES string of the molecule is CN(C)c1ncc(NC(=O)c2c(F)c(F)cc(F)c2F)cn1. The zero-order valence-electron chi connectivity index (χ0n) is 11.5. The lowest BCUT2D eigenvalue weighted by Crippen LogP contribution is -2.19. The Morgan fingerprint density at radius 2 is 1.55 bits per heavy atom. The summed E-state index contributed by atoms with van der Waals surface area (Å²) in [4.78, 5) is 21.1. The molecule has 0 aliphatic rings. The fraction of sp³-hybridized carbons (Fsp3) is 0.154. The first-order chi connectivity index (χ1) is 10.3. The number of nitrogens with one attached hydrogen (secondary N) is 1. The number of anilines is 2. The van der Waals surface area contributed by atoms with E-state index in [0.29, 0.717) is 5.95 Å². The summed E-state index contributed by atoms with van der Waals surface area (Å²) in [6.07, 6.45) is 2.37. The number of carbonyl (C=O) groups excluding carboxylic acids is 1. The summed E-state index contributed by atoms with van der Waals surface area (Å²) in [6.45, 7) is 0. The van der Waals surface area contributed by atoms with E-state index in [-0.39, 0.29) is 11.8 Å². The van der Waals surface area contributed by atoms with Crippen molar-refractivity contribution in [3.63, 3.8) is 0 Å². The number of benzene rings is 1. The monoisotopic (exact) mass is 314 g/mol. The maximum Gasteiger partial charge on any atom is 0.261 e. The molecule has 0 saturated carbocycles. The minimum Gasteiger partial charge on any atom is -0.347 e. The number of halogens is 4. The van der Waals surface area contributed by atoms with Crippen LogP contribution in [0.25, 0.3) is 0 Å². The fourth-order valence-electron chi connectivity index (χ4n) is 1.58. The van der Waals surface area contributed by atoms with Crippen LogP contribution in [0.5, 0.6) is 0 Å². The summed E-state index contributed by atoms with van der Waals surface area (Å²) in [6, 6.07) is 0.0242. The third-order valence-electron chi connectivity index (χ3n) is 2.63. The van der Waals surface area contributed by atoms with Crippen LogP contribution in [0.4, 0.5) is 29.2 Å².